The molecule has 0 radical (unpaired) electrons. The van der Waals surface area contributed by atoms with Crippen LogP contribution in [0.2, 0.25) is 5.02 Å². The molecule has 1 heterocycles. The van der Waals surface area contributed by atoms with E-state index in [0.717, 1.165) is 6.42 Å². The van der Waals surface area contributed by atoms with Crippen LogP contribution >= 0.6 is 11.6 Å². The smallest absolute Gasteiger partial charge is 0.322 e. The second kappa shape index (κ2) is 10.7. The summed E-state index contributed by atoms with van der Waals surface area (Å²) in [4.78, 5) is 39.3. The van der Waals surface area contributed by atoms with Gasteiger partial charge in [0.15, 0.2) is 0 Å². The number of amides is 4. The molecule has 4 amide bonds. The van der Waals surface area contributed by atoms with E-state index in [4.69, 9.17) is 16.3 Å². The fraction of sp³-hybridized carbons (Fsp3) is 0.500. The topological polar surface area (TPSA) is 91.0 Å². The maximum absolute atomic E-state index is 12.3. The largest absolute Gasteiger partial charge is 0.382 e. The van der Waals surface area contributed by atoms with Crippen molar-refractivity contribution in [3.05, 3.63) is 29.3 Å². The molecule has 27 heavy (non-hydrogen) atoms. The molecule has 1 aliphatic heterocycles. The first-order valence-corrected chi connectivity index (χ1v) is 9.31. The standard InChI is InChI=1S/C18H25ClN4O4/c1-2-27-11-3-8-20-16(24)12-22-9-10-23(13-17(22)25)18(26)21-15-6-4-14(19)5-7-15/h4-7H,2-3,8-13H2,1H3,(H,20,24)(H,21,26). The highest BCUT2D eigenvalue weighted by Crippen LogP contribution is 2.14. The van der Waals surface area contributed by atoms with E-state index in [1.54, 1.807) is 24.3 Å². The third kappa shape index (κ3) is 7.07. The van der Waals surface area contributed by atoms with Crippen molar-refractivity contribution in [3.8, 4) is 0 Å². The van der Waals surface area contributed by atoms with Crippen molar-refractivity contribution < 1.29 is 19.1 Å². The Hall–Kier alpha value is -2.32. The molecule has 148 valence electrons. The van der Waals surface area contributed by atoms with Gasteiger partial charge in [-0.1, -0.05) is 11.6 Å². The predicted octanol–water partition coefficient (Wildman–Crippen LogP) is 1.56. The molecule has 0 aromatic heterocycles. The Morgan fingerprint density at radius 2 is 1.96 bits per heavy atom. The molecule has 1 fully saturated rings. The minimum absolute atomic E-state index is 0.000111. The number of carbonyl (C=O) groups excluding carboxylic acids is 3. The molecule has 2 N–H and O–H groups in total. The molecule has 9 heteroatoms. The molecule has 0 aliphatic carbocycles. The molecule has 2 rings (SSSR count). The quantitative estimate of drug-likeness (QED) is 0.652. The summed E-state index contributed by atoms with van der Waals surface area (Å²) in [6.45, 7) is 4.30. The number of piperazine rings is 1. The molecule has 0 saturated carbocycles. The van der Waals surface area contributed by atoms with Crippen molar-refractivity contribution in [1.82, 2.24) is 15.1 Å². The number of carbonyl (C=O) groups is 3. The number of anilines is 1. The van der Waals surface area contributed by atoms with Gasteiger partial charge in [-0.2, -0.15) is 0 Å². The second-order valence-corrected chi connectivity index (χ2v) is 6.51. The van der Waals surface area contributed by atoms with Crippen molar-refractivity contribution in [2.45, 2.75) is 13.3 Å². The van der Waals surface area contributed by atoms with Crippen LogP contribution in [0.25, 0.3) is 0 Å². The molecular formula is C18H25ClN4O4. The maximum atomic E-state index is 12.3. The van der Waals surface area contributed by atoms with Crippen LogP contribution in [0.3, 0.4) is 0 Å². The van der Waals surface area contributed by atoms with Gasteiger partial charge >= 0.3 is 6.03 Å². The van der Waals surface area contributed by atoms with E-state index in [1.165, 1.54) is 9.80 Å². The molecule has 0 unspecified atom stereocenters. The number of hydrogen-bond donors (Lipinski definition) is 2. The van der Waals surface area contributed by atoms with E-state index in [1.807, 2.05) is 6.92 Å². The van der Waals surface area contributed by atoms with Gasteiger partial charge in [0.25, 0.3) is 0 Å². The highest BCUT2D eigenvalue weighted by Gasteiger charge is 2.28. The lowest BCUT2D eigenvalue weighted by molar-refractivity contribution is -0.139. The van der Waals surface area contributed by atoms with E-state index in [9.17, 15) is 14.4 Å². The van der Waals surface area contributed by atoms with Crippen molar-refractivity contribution in [3.63, 3.8) is 0 Å². The SMILES string of the molecule is CCOCCCNC(=O)CN1CCN(C(=O)Nc2ccc(Cl)cc2)CC1=O. The van der Waals surface area contributed by atoms with Gasteiger partial charge in [0.1, 0.15) is 6.54 Å². The zero-order chi connectivity index (χ0) is 19.6. The predicted molar refractivity (Wildman–Crippen MR) is 103 cm³/mol. The van der Waals surface area contributed by atoms with Crippen LogP contribution < -0.4 is 10.6 Å². The lowest BCUT2D eigenvalue weighted by atomic mass is 10.3. The number of hydrogen-bond acceptors (Lipinski definition) is 4. The van der Waals surface area contributed by atoms with Crippen LogP contribution in [0.4, 0.5) is 10.5 Å². The maximum Gasteiger partial charge on any atom is 0.322 e. The third-order valence-corrected chi connectivity index (χ3v) is 4.28. The number of nitrogens with one attached hydrogen (secondary N) is 2. The summed E-state index contributed by atoms with van der Waals surface area (Å²) >= 11 is 5.82. The van der Waals surface area contributed by atoms with Gasteiger partial charge in [0.05, 0.1) is 6.54 Å². The van der Waals surface area contributed by atoms with Crippen molar-refractivity contribution in [2.75, 3.05) is 51.3 Å². The number of benzene rings is 1. The van der Waals surface area contributed by atoms with E-state index in [0.29, 0.717) is 43.6 Å². The summed E-state index contributed by atoms with van der Waals surface area (Å²) in [7, 11) is 0. The van der Waals surface area contributed by atoms with Crippen LogP contribution in [0.5, 0.6) is 0 Å². The summed E-state index contributed by atoms with van der Waals surface area (Å²) in [5.74, 6) is -0.462. The molecule has 0 bridgehead atoms. The Kier molecular flexibility index (Phi) is 8.35. The monoisotopic (exact) mass is 396 g/mol. The van der Waals surface area contributed by atoms with Crippen molar-refractivity contribution in [2.24, 2.45) is 0 Å². The zero-order valence-electron chi connectivity index (χ0n) is 15.4. The first-order valence-electron chi connectivity index (χ1n) is 8.93. The van der Waals surface area contributed by atoms with Crippen LogP contribution in [-0.4, -0.2) is 73.6 Å². The normalized spacial score (nSPS) is 14.2. The van der Waals surface area contributed by atoms with E-state index < -0.39 is 0 Å². The highest BCUT2D eigenvalue weighted by atomic mass is 35.5. The molecule has 1 aromatic rings. The average molecular weight is 397 g/mol. The summed E-state index contributed by atoms with van der Waals surface area (Å²) in [5, 5.41) is 6.07. The molecule has 0 spiro atoms. The first kappa shape index (κ1) is 21.0. The Labute approximate surface area is 163 Å². The zero-order valence-corrected chi connectivity index (χ0v) is 16.1. The summed E-state index contributed by atoms with van der Waals surface area (Å²) in [6.07, 6.45) is 0.728. The Morgan fingerprint density at radius 1 is 1.22 bits per heavy atom. The number of nitrogens with zero attached hydrogens (tertiary/aromatic N) is 2. The van der Waals surface area contributed by atoms with Crippen molar-refractivity contribution >= 4 is 35.1 Å². The van der Waals surface area contributed by atoms with Gasteiger partial charge in [-0.05, 0) is 37.6 Å². The minimum Gasteiger partial charge on any atom is -0.382 e. The van der Waals surface area contributed by atoms with Gasteiger partial charge < -0.3 is 25.2 Å². The lowest BCUT2D eigenvalue weighted by Crippen LogP contribution is -2.55. The van der Waals surface area contributed by atoms with Crippen LogP contribution in [0.15, 0.2) is 24.3 Å². The molecule has 1 aromatic carbocycles. The Bertz CT molecular complexity index is 653. The van der Waals surface area contributed by atoms with Gasteiger partial charge in [0, 0.05) is 43.6 Å². The molecule has 8 nitrogen and oxygen atoms in total. The Morgan fingerprint density at radius 3 is 2.63 bits per heavy atom. The Balaban J connectivity index is 1.72. The summed E-state index contributed by atoms with van der Waals surface area (Å²) in [6, 6.07) is 6.37. The van der Waals surface area contributed by atoms with E-state index in [-0.39, 0.29) is 30.9 Å². The third-order valence-electron chi connectivity index (χ3n) is 4.03. The molecule has 1 aliphatic rings. The lowest BCUT2D eigenvalue weighted by Gasteiger charge is -2.33. The fourth-order valence-corrected chi connectivity index (χ4v) is 2.69. The fourth-order valence-electron chi connectivity index (χ4n) is 2.56. The van der Waals surface area contributed by atoms with E-state index >= 15 is 0 Å². The number of rotatable bonds is 8. The molecular weight excluding hydrogens is 372 g/mol. The average Bonchev–Trinajstić information content (AvgIpc) is 2.65. The van der Waals surface area contributed by atoms with Gasteiger partial charge in [0.2, 0.25) is 11.8 Å². The summed E-state index contributed by atoms with van der Waals surface area (Å²) in [5.41, 5.74) is 0.603. The second-order valence-electron chi connectivity index (χ2n) is 6.07. The van der Waals surface area contributed by atoms with Gasteiger partial charge in [-0.15, -0.1) is 0 Å². The highest BCUT2D eigenvalue weighted by molar-refractivity contribution is 6.30. The van der Waals surface area contributed by atoms with Gasteiger partial charge in [-0.3, -0.25) is 9.59 Å². The number of urea groups is 1. The molecule has 1 saturated heterocycles. The van der Waals surface area contributed by atoms with Crippen molar-refractivity contribution in [1.29, 1.82) is 0 Å². The summed E-state index contributed by atoms with van der Waals surface area (Å²) < 4.78 is 5.20. The van der Waals surface area contributed by atoms with Crippen LogP contribution in [0.1, 0.15) is 13.3 Å². The minimum atomic E-state index is -0.356. The van der Waals surface area contributed by atoms with E-state index in [2.05, 4.69) is 10.6 Å². The number of ether oxygens (including phenoxy) is 1. The van der Waals surface area contributed by atoms with Crippen LogP contribution in [-0.2, 0) is 14.3 Å². The van der Waals surface area contributed by atoms with Crippen LogP contribution in [0, 0.1) is 0 Å². The first-order chi connectivity index (χ1) is 13.0. The molecule has 0 atom stereocenters. The number of halogens is 1. The van der Waals surface area contributed by atoms with Gasteiger partial charge in [-0.25, -0.2) is 4.79 Å².